The molecule has 0 aliphatic carbocycles. The van der Waals surface area contributed by atoms with Crippen LogP contribution in [0.25, 0.3) is 6.08 Å². The molecule has 0 bridgehead atoms. The zero-order valence-corrected chi connectivity index (χ0v) is 26.9. The van der Waals surface area contributed by atoms with E-state index < -0.39 is 12.0 Å². The van der Waals surface area contributed by atoms with Crippen molar-refractivity contribution in [3.05, 3.63) is 118 Å². The molecule has 1 aliphatic heterocycles. The summed E-state index contributed by atoms with van der Waals surface area (Å²) in [4.78, 5) is 31.6. The maximum absolute atomic E-state index is 13.9. The molecule has 0 unspecified atom stereocenters. The van der Waals surface area contributed by atoms with Gasteiger partial charge in [-0.1, -0.05) is 70.4 Å². The van der Waals surface area contributed by atoms with Gasteiger partial charge in [0.1, 0.15) is 6.61 Å². The number of rotatable bonds is 10. The molecule has 44 heavy (non-hydrogen) atoms. The third-order valence-corrected chi connectivity index (χ3v) is 8.39. The van der Waals surface area contributed by atoms with Crippen LogP contribution in [0.2, 0.25) is 10.0 Å². The molecule has 0 N–H and O–H groups in total. The first-order valence-electron chi connectivity index (χ1n) is 13.9. The molecule has 228 valence electrons. The topological polar surface area (TPSA) is 88.4 Å². The maximum atomic E-state index is 13.9. The minimum atomic E-state index is -0.805. The van der Waals surface area contributed by atoms with Crippen molar-refractivity contribution in [1.82, 2.24) is 4.57 Å². The van der Waals surface area contributed by atoms with E-state index in [1.54, 1.807) is 36.4 Å². The molecule has 11 heteroatoms. The highest BCUT2D eigenvalue weighted by Crippen LogP contribution is 2.36. The molecule has 0 fully saturated rings. The summed E-state index contributed by atoms with van der Waals surface area (Å²) >= 11 is 14.3. The third kappa shape index (κ3) is 6.55. The Morgan fingerprint density at radius 1 is 0.977 bits per heavy atom. The summed E-state index contributed by atoms with van der Waals surface area (Å²) in [5, 5.41) is 0.625. The Morgan fingerprint density at radius 3 is 2.32 bits per heavy atom. The number of aryl methyl sites for hydroxylation is 1. The second-order valence-corrected chi connectivity index (χ2v) is 11.7. The van der Waals surface area contributed by atoms with E-state index in [9.17, 15) is 9.59 Å². The molecular formula is C33H30Cl2N2O6S. The van der Waals surface area contributed by atoms with E-state index in [1.807, 2.05) is 45.0 Å². The molecule has 1 atom stereocenters. The zero-order chi connectivity index (χ0) is 31.4. The van der Waals surface area contributed by atoms with Gasteiger partial charge in [0.25, 0.3) is 5.56 Å². The Kier molecular flexibility index (Phi) is 9.78. The van der Waals surface area contributed by atoms with Crippen LogP contribution >= 0.6 is 34.5 Å². The van der Waals surface area contributed by atoms with Crippen molar-refractivity contribution >= 4 is 46.6 Å². The summed E-state index contributed by atoms with van der Waals surface area (Å²) in [6.45, 7) is 6.93. The Labute approximate surface area is 268 Å². The lowest BCUT2D eigenvalue weighted by Gasteiger charge is -2.23. The molecule has 2 heterocycles. The van der Waals surface area contributed by atoms with Crippen LogP contribution in [0.15, 0.2) is 76.2 Å². The van der Waals surface area contributed by atoms with E-state index in [2.05, 4.69) is 4.99 Å². The van der Waals surface area contributed by atoms with Crippen molar-refractivity contribution in [2.75, 3.05) is 20.3 Å². The number of aromatic nitrogens is 1. The van der Waals surface area contributed by atoms with Crippen molar-refractivity contribution in [1.29, 1.82) is 0 Å². The maximum Gasteiger partial charge on any atom is 0.337 e. The van der Waals surface area contributed by atoms with Crippen LogP contribution in [0.3, 0.4) is 0 Å². The fraction of sp³-hybridized carbons (Fsp3) is 0.242. The number of hydrogen-bond donors (Lipinski definition) is 0. The summed E-state index contributed by atoms with van der Waals surface area (Å²) in [5.41, 5.74) is 3.25. The lowest BCUT2D eigenvalue weighted by Crippen LogP contribution is -2.39. The summed E-state index contributed by atoms with van der Waals surface area (Å²) in [6, 6.07) is 15.9. The number of hydrogen-bond acceptors (Lipinski definition) is 8. The number of ether oxygens (including phenoxy) is 4. The van der Waals surface area contributed by atoms with Gasteiger partial charge in [-0.2, -0.15) is 0 Å². The van der Waals surface area contributed by atoms with E-state index in [4.69, 9.17) is 42.1 Å². The fourth-order valence-electron chi connectivity index (χ4n) is 4.78. The first-order valence-corrected chi connectivity index (χ1v) is 15.5. The number of esters is 1. The molecule has 1 aromatic heterocycles. The lowest BCUT2D eigenvalue weighted by atomic mass is 9.97. The van der Waals surface area contributed by atoms with Crippen LogP contribution in [0.1, 0.15) is 42.1 Å². The first-order chi connectivity index (χ1) is 21.2. The predicted molar refractivity (Wildman–Crippen MR) is 172 cm³/mol. The average Bonchev–Trinajstić information content (AvgIpc) is 3.32. The minimum absolute atomic E-state index is 0.208. The summed E-state index contributed by atoms with van der Waals surface area (Å²) in [5.74, 6) is 0.828. The number of fused-ring (bicyclic) bond motifs is 1. The van der Waals surface area contributed by atoms with E-state index in [0.29, 0.717) is 67.6 Å². The Morgan fingerprint density at radius 2 is 1.66 bits per heavy atom. The van der Waals surface area contributed by atoms with Crippen molar-refractivity contribution in [2.24, 2.45) is 4.99 Å². The quantitative estimate of drug-likeness (QED) is 0.195. The number of thiazole rings is 1. The number of halogens is 2. The van der Waals surface area contributed by atoms with Gasteiger partial charge in [-0.15, -0.1) is 0 Å². The smallest absolute Gasteiger partial charge is 0.337 e. The number of methoxy groups -OCH3 is 1. The van der Waals surface area contributed by atoms with Gasteiger partial charge < -0.3 is 18.9 Å². The number of nitrogens with zero attached hydrogens (tertiary/aromatic N) is 2. The molecule has 1 aliphatic rings. The van der Waals surface area contributed by atoms with Gasteiger partial charge in [-0.05, 0) is 67.8 Å². The number of carbonyl (C=O) groups excluding carboxylic acids is 1. The Hall–Kier alpha value is -4.05. The molecule has 0 saturated heterocycles. The largest absolute Gasteiger partial charge is 0.490 e. The van der Waals surface area contributed by atoms with Crippen LogP contribution in [0.5, 0.6) is 17.2 Å². The molecule has 0 radical (unpaired) electrons. The van der Waals surface area contributed by atoms with Crippen molar-refractivity contribution in [3.8, 4) is 17.2 Å². The molecule has 3 aromatic carbocycles. The predicted octanol–water partition coefficient (Wildman–Crippen LogP) is 6.01. The molecule has 4 aromatic rings. The highest BCUT2D eigenvalue weighted by atomic mass is 35.5. The van der Waals surface area contributed by atoms with Gasteiger partial charge in [0.15, 0.2) is 22.0 Å². The van der Waals surface area contributed by atoms with Gasteiger partial charge in [0.05, 0.1) is 46.5 Å². The SMILES string of the molecule is CCOc1ccc([C@H]2C(C(=O)OC)=CN=c3s/c(=C\c4cc(Cl)c(OCc5ccc(C)cc5)c(Cl)c4)c(=O)n32)cc1OCC. The second-order valence-electron chi connectivity index (χ2n) is 9.84. The van der Waals surface area contributed by atoms with Crippen molar-refractivity contribution in [3.63, 3.8) is 0 Å². The molecule has 0 amide bonds. The highest BCUT2D eigenvalue weighted by Gasteiger charge is 2.31. The van der Waals surface area contributed by atoms with E-state index >= 15 is 0 Å². The standard InChI is InChI=1S/C33H30Cl2N2O6S/c1-5-41-26-12-11-22(16-27(26)42-6-2)29-23(32(39)40-4)17-36-33-37(29)31(38)28(44-33)15-21-13-24(34)30(25(35)14-21)43-18-20-9-7-19(3)8-10-20/h7-17,29H,5-6,18H2,1-4H3/b28-15-/t29-/m0/s1. The molecular weight excluding hydrogens is 623 g/mol. The Balaban J connectivity index is 1.54. The summed E-state index contributed by atoms with van der Waals surface area (Å²) in [7, 11) is 1.29. The van der Waals surface area contributed by atoms with Gasteiger partial charge >= 0.3 is 5.97 Å². The van der Waals surface area contributed by atoms with Crippen molar-refractivity contribution < 1.29 is 23.7 Å². The van der Waals surface area contributed by atoms with Gasteiger partial charge in [0, 0.05) is 6.20 Å². The molecule has 0 spiro atoms. The lowest BCUT2D eigenvalue weighted by molar-refractivity contribution is -0.136. The number of benzene rings is 3. The van der Waals surface area contributed by atoms with Crippen LogP contribution in [0, 0.1) is 6.92 Å². The van der Waals surface area contributed by atoms with Crippen LogP contribution in [-0.4, -0.2) is 30.9 Å². The normalized spacial score (nSPS) is 14.4. The van der Waals surface area contributed by atoms with Gasteiger partial charge in [-0.25, -0.2) is 9.79 Å². The van der Waals surface area contributed by atoms with E-state index in [1.165, 1.54) is 29.2 Å². The third-order valence-electron chi connectivity index (χ3n) is 6.83. The van der Waals surface area contributed by atoms with Crippen LogP contribution in [0.4, 0.5) is 0 Å². The molecule has 5 rings (SSSR count). The molecule has 0 saturated carbocycles. The van der Waals surface area contributed by atoms with E-state index in [-0.39, 0.29) is 11.1 Å². The zero-order valence-electron chi connectivity index (χ0n) is 24.6. The van der Waals surface area contributed by atoms with Gasteiger partial charge in [-0.3, -0.25) is 9.36 Å². The van der Waals surface area contributed by atoms with Gasteiger partial charge in [0.2, 0.25) is 0 Å². The number of carbonyl (C=O) groups is 1. The molecule has 8 nitrogen and oxygen atoms in total. The monoisotopic (exact) mass is 652 g/mol. The average molecular weight is 654 g/mol. The first kappa shape index (κ1) is 31.4. The summed E-state index contributed by atoms with van der Waals surface area (Å²) in [6.07, 6.45) is 3.13. The highest BCUT2D eigenvalue weighted by molar-refractivity contribution is 7.07. The summed E-state index contributed by atoms with van der Waals surface area (Å²) < 4.78 is 24.4. The Bertz CT molecular complexity index is 1890. The van der Waals surface area contributed by atoms with Crippen LogP contribution in [-0.2, 0) is 16.1 Å². The van der Waals surface area contributed by atoms with Crippen LogP contribution < -0.4 is 29.1 Å². The van der Waals surface area contributed by atoms with Crippen molar-refractivity contribution in [2.45, 2.75) is 33.4 Å². The fourth-order valence-corrected chi connectivity index (χ4v) is 6.36. The minimum Gasteiger partial charge on any atom is -0.490 e. The second kappa shape index (κ2) is 13.7. The van der Waals surface area contributed by atoms with E-state index in [0.717, 1.165) is 11.1 Å².